The summed E-state index contributed by atoms with van der Waals surface area (Å²) >= 11 is 0. The van der Waals surface area contributed by atoms with Gasteiger partial charge in [-0.3, -0.25) is 4.79 Å². The molecule has 0 saturated carbocycles. The molecular formula is C22H25N5O. The van der Waals surface area contributed by atoms with Crippen LogP contribution in [0.3, 0.4) is 0 Å². The number of nitrogens with zero attached hydrogens (tertiary/aromatic N) is 4. The van der Waals surface area contributed by atoms with Crippen LogP contribution in [0.4, 0.5) is 5.69 Å². The van der Waals surface area contributed by atoms with Crippen molar-refractivity contribution in [2.45, 2.75) is 53.4 Å². The number of fused-ring (bicyclic) bond motifs is 1. The third-order valence-corrected chi connectivity index (χ3v) is 5.32. The summed E-state index contributed by atoms with van der Waals surface area (Å²) in [6, 6.07) is 8.16. The van der Waals surface area contributed by atoms with E-state index in [2.05, 4.69) is 32.5 Å². The largest absolute Gasteiger partial charge is 0.326 e. The highest BCUT2D eigenvalue weighted by atomic mass is 16.1. The zero-order chi connectivity index (χ0) is 19.8. The van der Waals surface area contributed by atoms with Gasteiger partial charge in [-0.2, -0.15) is 5.10 Å². The van der Waals surface area contributed by atoms with Crippen LogP contribution in [0.15, 0.2) is 24.3 Å². The van der Waals surface area contributed by atoms with E-state index in [4.69, 9.17) is 0 Å². The predicted molar refractivity (Wildman–Crippen MR) is 109 cm³/mol. The molecule has 4 rings (SSSR count). The standard InChI is InChI=1S/C22H25N5O/c1-13-10-14(2)24-22(23-13)27-16(4)20(15(3)26-27)12-21(28)25-19-9-8-17-6-5-7-18(17)11-19/h8-11H,5-7,12H2,1-4H3,(H,25,28). The van der Waals surface area contributed by atoms with Gasteiger partial charge in [0.15, 0.2) is 0 Å². The van der Waals surface area contributed by atoms with Crippen LogP contribution in [0.2, 0.25) is 0 Å². The molecule has 6 heteroatoms. The molecule has 1 aromatic carbocycles. The maximum atomic E-state index is 12.7. The third kappa shape index (κ3) is 3.54. The molecule has 3 aromatic rings. The number of hydrogen-bond donors (Lipinski definition) is 1. The van der Waals surface area contributed by atoms with Gasteiger partial charge in [0.05, 0.1) is 12.1 Å². The summed E-state index contributed by atoms with van der Waals surface area (Å²) in [7, 11) is 0. The van der Waals surface area contributed by atoms with Gasteiger partial charge < -0.3 is 5.32 Å². The molecule has 0 bridgehead atoms. The Labute approximate surface area is 165 Å². The smallest absolute Gasteiger partial charge is 0.251 e. The number of anilines is 1. The van der Waals surface area contributed by atoms with E-state index in [0.717, 1.165) is 46.9 Å². The Morgan fingerprint density at radius 1 is 1.04 bits per heavy atom. The minimum Gasteiger partial charge on any atom is -0.326 e. The monoisotopic (exact) mass is 375 g/mol. The van der Waals surface area contributed by atoms with Crippen molar-refractivity contribution < 1.29 is 4.79 Å². The van der Waals surface area contributed by atoms with E-state index in [1.807, 2.05) is 39.8 Å². The third-order valence-electron chi connectivity index (χ3n) is 5.32. The normalized spacial score (nSPS) is 12.9. The van der Waals surface area contributed by atoms with Crippen molar-refractivity contribution in [1.82, 2.24) is 19.7 Å². The van der Waals surface area contributed by atoms with Gasteiger partial charge in [0.1, 0.15) is 0 Å². The minimum atomic E-state index is -0.0370. The molecule has 0 radical (unpaired) electrons. The SMILES string of the molecule is Cc1cc(C)nc(-n2nc(C)c(CC(=O)Nc3ccc4c(c3)CCC4)c2C)n1. The Bertz CT molecular complexity index is 1050. The number of nitrogens with one attached hydrogen (secondary N) is 1. The second-order valence-corrected chi connectivity index (χ2v) is 7.57. The van der Waals surface area contributed by atoms with Crippen molar-refractivity contribution >= 4 is 11.6 Å². The van der Waals surface area contributed by atoms with E-state index in [-0.39, 0.29) is 12.3 Å². The van der Waals surface area contributed by atoms with Crippen LogP contribution in [-0.4, -0.2) is 25.7 Å². The molecule has 28 heavy (non-hydrogen) atoms. The fraction of sp³-hybridized carbons (Fsp3) is 0.364. The fourth-order valence-electron chi connectivity index (χ4n) is 3.94. The Morgan fingerprint density at radius 3 is 2.50 bits per heavy atom. The summed E-state index contributed by atoms with van der Waals surface area (Å²) < 4.78 is 1.73. The number of benzene rings is 1. The van der Waals surface area contributed by atoms with Crippen LogP contribution in [-0.2, 0) is 24.1 Å². The lowest BCUT2D eigenvalue weighted by molar-refractivity contribution is -0.115. The van der Waals surface area contributed by atoms with Crippen LogP contribution in [0, 0.1) is 27.7 Å². The highest BCUT2D eigenvalue weighted by Crippen LogP contribution is 2.25. The molecular weight excluding hydrogens is 350 g/mol. The average molecular weight is 375 g/mol. The molecule has 0 aliphatic heterocycles. The Balaban J connectivity index is 1.55. The second-order valence-electron chi connectivity index (χ2n) is 7.57. The van der Waals surface area contributed by atoms with E-state index in [0.29, 0.717) is 5.95 Å². The minimum absolute atomic E-state index is 0.0370. The first kappa shape index (κ1) is 18.3. The van der Waals surface area contributed by atoms with Crippen LogP contribution in [0.5, 0.6) is 0 Å². The maximum Gasteiger partial charge on any atom is 0.251 e. The van der Waals surface area contributed by atoms with Gasteiger partial charge in [0.25, 0.3) is 5.95 Å². The van der Waals surface area contributed by atoms with E-state index in [9.17, 15) is 4.79 Å². The van der Waals surface area contributed by atoms with Crippen molar-refractivity contribution in [3.05, 3.63) is 63.7 Å². The summed E-state index contributed by atoms with van der Waals surface area (Å²) in [6.07, 6.45) is 3.71. The molecule has 0 spiro atoms. The molecule has 1 aliphatic carbocycles. The molecule has 2 heterocycles. The van der Waals surface area contributed by atoms with Gasteiger partial charge in [-0.1, -0.05) is 6.07 Å². The van der Waals surface area contributed by atoms with Gasteiger partial charge in [-0.15, -0.1) is 0 Å². The highest BCUT2D eigenvalue weighted by molar-refractivity contribution is 5.92. The second kappa shape index (κ2) is 7.19. The number of rotatable bonds is 4. The van der Waals surface area contributed by atoms with Crippen LogP contribution in [0.1, 0.15) is 45.9 Å². The lowest BCUT2D eigenvalue weighted by Crippen LogP contribution is -2.15. The molecule has 0 saturated heterocycles. The van der Waals surface area contributed by atoms with E-state index in [1.54, 1.807) is 4.68 Å². The van der Waals surface area contributed by atoms with Crippen molar-refractivity contribution in [1.29, 1.82) is 0 Å². The number of aromatic nitrogens is 4. The molecule has 1 amide bonds. The van der Waals surface area contributed by atoms with Crippen molar-refractivity contribution in [2.75, 3.05) is 5.32 Å². The Kier molecular flexibility index (Phi) is 4.71. The van der Waals surface area contributed by atoms with Gasteiger partial charge in [0.2, 0.25) is 5.91 Å². The number of amides is 1. The zero-order valence-corrected chi connectivity index (χ0v) is 16.8. The first-order valence-corrected chi connectivity index (χ1v) is 9.70. The van der Waals surface area contributed by atoms with Crippen molar-refractivity contribution in [2.24, 2.45) is 0 Å². The van der Waals surface area contributed by atoms with Gasteiger partial charge in [0, 0.05) is 28.3 Å². The summed E-state index contributed by atoms with van der Waals surface area (Å²) in [5, 5.41) is 7.62. The van der Waals surface area contributed by atoms with E-state index < -0.39 is 0 Å². The lowest BCUT2D eigenvalue weighted by Gasteiger charge is -2.08. The molecule has 0 fully saturated rings. The first-order chi connectivity index (χ1) is 13.4. The molecule has 0 atom stereocenters. The van der Waals surface area contributed by atoms with Gasteiger partial charge in [-0.05, 0) is 76.3 Å². The zero-order valence-electron chi connectivity index (χ0n) is 16.8. The van der Waals surface area contributed by atoms with Crippen LogP contribution < -0.4 is 5.32 Å². The number of aryl methyl sites for hydroxylation is 5. The Hall–Kier alpha value is -3.02. The molecule has 1 aliphatic rings. The average Bonchev–Trinajstić information content (AvgIpc) is 3.20. The summed E-state index contributed by atoms with van der Waals surface area (Å²) in [4.78, 5) is 21.6. The van der Waals surface area contributed by atoms with Gasteiger partial charge in [-0.25, -0.2) is 14.6 Å². The first-order valence-electron chi connectivity index (χ1n) is 9.70. The van der Waals surface area contributed by atoms with Crippen molar-refractivity contribution in [3.8, 4) is 5.95 Å². The van der Waals surface area contributed by atoms with Crippen LogP contribution in [0.25, 0.3) is 5.95 Å². The predicted octanol–water partition coefficient (Wildman–Crippen LogP) is 3.57. The topological polar surface area (TPSA) is 72.7 Å². The van der Waals surface area contributed by atoms with Crippen molar-refractivity contribution in [3.63, 3.8) is 0 Å². The highest BCUT2D eigenvalue weighted by Gasteiger charge is 2.18. The van der Waals surface area contributed by atoms with E-state index >= 15 is 0 Å². The number of hydrogen-bond acceptors (Lipinski definition) is 4. The fourth-order valence-corrected chi connectivity index (χ4v) is 3.94. The molecule has 0 unspecified atom stereocenters. The van der Waals surface area contributed by atoms with Gasteiger partial charge >= 0.3 is 0 Å². The quantitative estimate of drug-likeness (QED) is 0.757. The summed E-state index contributed by atoms with van der Waals surface area (Å²) in [5.74, 6) is 0.508. The van der Waals surface area contributed by atoms with E-state index in [1.165, 1.54) is 17.5 Å². The van der Waals surface area contributed by atoms with Crippen LogP contribution >= 0.6 is 0 Å². The number of carbonyl (C=O) groups excluding carboxylic acids is 1. The summed E-state index contributed by atoms with van der Waals surface area (Å²) in [6.45, 7) is 7.76. The lowest BCUT2D eigenvalue weighted by atomic mass is 10.1. The Morgan fingerprint density at radius 2 is 1.75 bits per heavy atom. The molecule has 2 aromatic heterocycles. The molecule has 1 N–H and O–H groups in total. The summed E-state index contributed by atoms with van der Waals surface area (Å²) in [5.41, 5.74) is 8.05. The molecule has 144 valence electrons. The number of carbonyl (C=O) groups is 1. The maximum absolute atomic E-state index is 12.7. The molecule has 6 nitrogen and oxygen atoms in total.